The molecule has 1 saturated heterocycles. The number of aromatic nitrogens is 2. The Morgan fingerprint density at radius 1 is 1.39 bits per heavy atom. The van der Waals surface area contributed by atoms with Crippen molar-refractivity contribution in [1.29, 1.82) is 0 Å². The SMILES string of the molecule is NC(=O)C1CCN(CCCn2ccc(N)n2)CC1. The number of nitrogens with two attached hydrogens (primary N) is 2. The van der Waals surface area contributed by atoms with E-state index in [0.29, 0.717) is 5.82 Å². The first-order valence-corrected chi connectivity index (χ1v) is 6.46. The molecule has 1 aromatic heterocycles. The number of rotatable bonds is 5. The number of primary amides is 1. The Balaban J connectivity index is 1.65. The number of carbonyl (C=O) groups is 1. The quantitative estimate of drug-likeness (QED) is 0.774. The number of anilines is 1. The molecular weight excluding hydrogens is 230 g/mol. The maximum absolute atomic E-state index is 11.0. The molecule has 0 bridgehead atoms. The van der Waals surface area contributed by atoms with Crippen molar-refractivity contribution in [2.75, 3.05) is 25.4 Å². The van der Waals surface area contributed by atoms with Crippen molar-refractivity contribution in [3.63, 3.8) is 0 Å². The molecule has 18 heavy (non-hydrogen) atoms. The summed E-state index contributed by atoms with van der Waals surface area (Å²) < 4.78 is 1.87. The molecule has 1 fully saturated rings. The fourth-order valence-corrected chi connectivity index (χ4v) is 2.40. The highest BCUT2D eigenvalue weighted by atomic mass is 16.1. The molecule has 0 aliphatic carbocycles. The molecule has 0 unspecified atom stereocenters. The van der Waals surface area contributed by atoms with Crippen molar-refractivity contribution in [3.8, 4) is 0 Å². The van der Waals surface area contributed by atoms with Gasteiger partial charge in [0, 0.05) is 18.7 Å². The van der Waals surface area contributed by atoms with Crippen LogP contribution in [0.25, 0.3) is 0 Å². The Labute approximate surface area is 107 Å². The van der Waals surface area contributed by atoms with Gasteiger partial charge in [-0.3, -0.25) is 9.48 Å². The zero-order chi connectivity index (χ0) is 13.0. The lowest BCUT2D eigenvalue weighted by atomic mass is 9.96. The van der Waals surface area contributed by atoms with E-state index in [4.69, 9.17) is 11.5 Å². The van der Waals surface area contributed by atoms with Gasteiger partial charge in [-0.1, -0.05) is 0 Å². The van der Waals surface area contributed by atoms with Gasteiger partial charge in [0.2, 0.25) is 5.91 Å². The molecule has 0 aromatic carbocycles. The van der Waals surface area contributed by atoms with Gasteiger partial charge >= 0.3 is 0 Å². The summed E-state index contributed by atoms with van der Waals surface area (Å²) in [5.41, 5.74) is 10.9. The number of piperidine rings is 1. The first kappa shape index (κ1) is 12.9. The van der Waals surface area contributed by atoms with Crippen LogP contribution in [0.2, 0.25) is 0 Å². The summed E-state index contributed by atoms with van der Waals surface area (Å²) in [5.74, 6) is 0.492. The topological polar surface area (TPSA) is 90.2 Å². The molecule has 1 aromatic rings. The van der Waals surface area contributed by atoms with Crippen molar-refractivity contribution in [2.24, 2.45) is 11.7 Å². The average molecular weight is 251 g/mol. The molecule has 0 spiro atoms. The van der Waals surface area contributed by atoms with Crippen LogP contribution in [-0.4, -0.2) is 40.2 Å². The van der Waals surface area contributed by atoms with Gasteiger partial charge in [-0.15, -0.1) is 0 Å². The van der Waals surface area contributed by atoms with E-state index in [1.807, 2.05) is 10.9 Å². The highest BCUT2D eigenvalue weighted by molar-refractivity contribution is 5.76. The molecule has 0 saturated carbocycles. The number of nitrogen functional groups attached to an aromatic ring is 1. The predicted molar refractivity (Wildman–Crippen MR) is 69.6 cm³/mol. The van der Waals surface area contributed by atoms with E-state index >= 15 is 0 Å². The predicted octanol–water partition coefficient (Wildman–Crippen LogP) is 0.0527. The molecular formula is C12H21N5O. The lowest BCUT2D eigenvalue weighted by Crippen LogP contribution is -2.39. The second-order valence-corrected chi connectivity index (χ2v) is 4.88. The van der Waals surface area contributed by atoms with E-state index in [1.165, 1.54) is 0 Å². The first-order valence-electron chi connectivity index (χ1n) is 6.46. The third-order valence-corrected chi connectivity index (χ3v) is 3.51. The van der Waals surface area contributed by atoms with Crippen LogP contribution in [0.1, 0.15) is 19.3 Å². The highest BCUT2D eigenvalue weighted by Crippen LogP contribution is 2.16. The fourth-order valence-electron chi connectivity index (χ4n) is 2.40. The van der Waals surface area contributed by atoms with Crippen molar-refractivity contribution >= 4 is 11.7 Å². The summed E-state index contributed by atoms with van der Waals surface area (Å²) in [6, 6.07) is 1.80. The zero-order valence-corrected chi connectivity index (χ0v) is 10.6. The van der Waals surface area contributed by atoms with E-state index < -0.39 is 0 Å². The molecule has 1 aliphatic rings. The molecule has 6 heteroatoms. The number of hydrogen-bond acceptors (Lipinski definition) is 4. The van der Waals surface area contributed by atoms with Gasteiger partial charge in [0.15, 0.2) is 0 Å². The van der Waals surface area contributed by atoms with Crippen LogP contribution < -0.4 is 11.5 Å². The summed E-state index contributed by atoms with van der Waals surface area (Å²) in [5, 5.41) is 4.14. The van der Waals surface area contributed by atoms with Gasteiger partial charge in [0.05, 0.1) is 0 Å². The number of carbonyl (C=O) groups excluding carboxylic acids is 1. The largest absolute Gasteiger partial charge is 0.382 e. The number of likely N-dealkylation sites (tertiary alicyclic amines) is 1. The summed E-state index contributed by atoms with van der Waals surface area (Å²) in [6.07, 6.45) is 4.73. The Morgan fingerprint density at radius 3 is 2.67 bits per heavy atom. The molecule has 0 atom stereocenters. The molecule has 4 N–H and O–H groups in total. The number of aryl methyl sites for hydroxylation is 1. The second-order valence-electron chi connectivity index (χ2n) is 4.88. The standard InChI is InChI=1S/C12H21N5O/c13-11-4-9-17(15-11)6-1-5-16-7-2-10(3-8-16)12(14)18/h4,9-10H,1-3,5-8H2,(H2,13,15)(H2,14,18). The van der Waals surface area contributed by atoms with Crippen LogP contribution in [0.4, 0.5) is 5.82 Å². The van der Waals surface area contributed by atoms with Gasteiger partial charge in [-0.2, -0.15) is 5.10 Å². The van der Waals surface area contributed by atoms with Crippen LogP contribution in [0.5, 0.6) is 0 Å². The van der Waals surface area contributed by atoms with Crippen LogP contribution >= 0.6 is 0 Å². The highest BCUT2D eigenvalue weighted by Gasteiger charge is 2.22. The minimum Gasteiger partial charge on any atom is -0.382 e. The normalized spacial score (nSPS) is 18.0. The fraction of sp³-hybridized carbons (Fsp3) is 0.667. The number of nitrogens with zero attached hydrogens (tertiary/aromatic N) is 3. The van der Waals surface area contributed by atoms with E-state index in [2.05, 4.69) is 10.00 Å². The smallest absolute Gasteiger partial charge is 0.220 e. The van der Waals surface area contributed by atoms with Crippen LogP contribution in [-0.2, 0) is 11.3 Å². The minimum atomic E-state index is -0.151. The molecule has 2 heterocycles. The van der Waals surface area contributed by atoms with Crippen molar-refractivity contribution in [3.05, 3.63) is 12.3 Å². The zero-order valence-electron chi connectivity index (χ0n) is 10.6. The summed E-state index contributed by atoms with van der Waals surface area (Å²) in [4.78, 5) is 13.4. The third kappa shape index (κ3) is 3.46. The lowest BCUT2D eigenvalue weighted by molar-refractivity contribution is -0.123. The van der Waals surface area contributed by atoms with Crippen LogP contribution in [0.3, 0.4) is 0 Å². The molecule has 100 valence electrons. The minimum absolute atomic E-state index is 0.0761. The van der Waals surface area contributed by atoms with Crippen LogP contribution in [0.15, 0.2) is 12.3 Å². The monoisotopic (exact) mass is 251 g/mol. The molecule has 1 amide bonds. The summed E-state index contributed by atoms with van der Waals surface area (Å²) in [7, 11) is 0. The Morgan fingerprint density at radius 2 is 2.11 bits per heavy atom. The number of hydrogen-bond donors (Lipinski definition) is 2. The van der Waals surface area contributed by atoms with E-state index in [-0.39, 0.29) is 11.8 Å². The van der Waals surface area contributed by atoms with Gasteiger partial charge in [-0.05, 0) is 45.0 Å². The van der Waals surface area contributed by atoms with E-state index in [1.54, 1.807) is 6.07 Å². The maximum atomic E-state index is 11.0. The van der Waals surface area contributed by atoms with E-state index in [0.717, 1.165) is 45.4 Å². The summed E-state index contributed by atoms with van der Waals surface area (Å²) >= 11 is 0. The van der Waals surface area contributed by atoms with E-state index in [9.17, 15) is 4.79 Å². The maximum Gasteiger partial charge on any atom is 0.220 e. The number of amides is 1. The summed E-state index contributed by atoms with van der Waals surface area (Å²) in [6.45, 7) is 3.85. The lowest BCUT2D eigenvalue weighted by Gasteiger charge is -2.30. The first-order chi connectivity index (χ1) is 8.65. The van der Waals surface area contributed by atoms with Crippen LogP contribution in [0, 0.1) is 5.92 Å². The molecule has 2 rings (SSSR count). The van der Waals surface area contributed by atoms with Gasteiger partial charge in [0.1, 0.15) is 5.82 Å². The Kier molecular flexibility index (Phi) is 4.19. The molecule has 6 nitrogen and oxygen atoms in total. The molecule has 0 radical (unpaired) electrons. The molecule has 1 aliphatic heterocycles. The van der Waals surface area contributed by atoms with Gasteiger partial charge < -0.3 is 16.4 Å². The third-order valence-electron chi connectivity index (χ3n) is 3.51. The second kappa shape index (κ2) is 5.86. The van der Waals surface area contributed by atoms with Crippen molar-refractivity contribution in [1.82, 2.24) is 14.7 Å². The van der Waals surface area contributed by atoms with Gasteiger partial charge in [0.25, 0.3) is 0 Å². The van der Waals surface area contributed by atoms with Crippen molar-refractivity contribution < 1.29 is 4.79 Å². The van der Waals surface area contributed by atoms with Gasteiger partial charge in [-0.25, -0.2) is 0 Å². The Hall–Kier alpha value is -1.56. The van der Waals surface area contributed by atoms with Crippen molar-refractivity contribution in [2.45, 2.75) is 25.8 Å². The average Bonchev–Trinajstić information content (AvgIpc) is 2.76. The Bertz CT molecular complexity index is 395.